The van der Waals surface area contributed by atoms with Gasteiger partial charge in [0.2, 0.25) is 0 Å². The second-order valence-electron chi connectivity index (χ2n) is 3.78. The van der Waals surface area contributed by atoms with Crippen LogP contribution in [0.4, 0.5) is 6.01 Å². The molecule has 0 saturated heterocycles. The van der Waals surface area contributed by atoms with E-state index in [-0.39, 0.29) is 11.6 Å². The second-order valence-corrected chi connectivity index (χ2v) is 3.78. The molecule has 5 heteroatoms. The molecular formula is C11H12N2O3. The predicted molar refractivity (Wildman–Crippen MR) is 59.7 cm³/mol. The van der Waals surface area contributed by atoms with Crippen LogP contribution in [-0.4, -0.2) is 22.1 Å². The molecule has 0 aliphatic carbocycles. The Kier molecular flexibility index (Phi) is 2.52. The van der Waals surface area contributed by atoms with Gasteiger partial charge in [0, 0.05) is 6.04 Å². The van der Waals surface area contributed by atoms with Crippen molar-refractivity contribution in [2.75, 3.05) is 5.32 Å². The van der Waals surface area contributed by atoms with Gasteiger partial charge >= 0.3 is 5.97 Å². The van der Waals surface area contributed by atoms with Gasteiger partial charge in [0.05, 0.1) is 0 Å². The van der Waals surface area contributed by atoms with Gasteiger partial charge in [-0.1, -0.05) is 6.07 Å². The lowest BCUT2D eigenvalue weighted by molar-refractivity contribution is 0.0698. The molecule has 0 aliphatic rings. The fourth-order valence-corrected chi connectivity index (χ4v) is 1.43. The SMILES string of the molecule is CC(C)Nc1nc2cccc(C(=O)O)c2o1. The minimum absolute atomic E-state index is 0.127. The van der Waals surface area contributed by atoms with Gasteiger partial charge in [0.1, 0.15) is 11.1 Å². The first-order valence-electron chi connectivity index (χ1n) is 4.97. The molecule has 0 radical (unpaired) electrons. The van der Waals surface area contributed by atoms with Crippen LogP contribution in [0.15, 0.2) is 22.6 Å². The van der Waals surface area contributed by atoms with E-state index >= 15 is 0 Å². The molecule has 84 valence electrons. The summed E-state index contributed by atoms with van der Waals surface area (Å²) >= 11 is 0. The van der Waals surface area contributed by atoms with E-state index in [9.17, 15) is 4.79 Å². The number of nitrogens with zero attached hydrogens (tertiary/aromatic N) is 1. The molecule has 0 aliphatic heterocycles. The van der Waals surface area contributed by atoms with Crippen LogP contribution in [0.2, 0.25) is 0 Å². The molecule has 1 heterocycles. The molecule has 1 aromatic heterocycles. The molecule has 0 saturated carbocycles. The highest BCUT2D eigenvalue weighted by atomic mass is 16.4. The lowest BCUT2D eigenvalue weighted by Gasteiger charge is -2.02. The summed E-state index contributed by atoms with van der Waals surface area (Å²) in [5.41, 5.74) is 0.975. The van der Waals surface area contributed by atoms with Crippen molar-refractivity contribution >= 4 is 23.1 Å². The van der Waals surface area contributed by atoms with E-state index in [1.807, 2.05) is 13.8 Å². The first-order chi connectivity index (χ1) is 7.58. The Balaban J connectivity index is 2.52. The van der Waals surface area contributed by atoms with Crippen LogP contribution in [0.1, 0.15) is 24.2 Å². The predicted octanol–water partition coefficient (Wildman–Crippen LogP) is 2.35. The Labute approximate surface area is 92.1 Å². The van der Waals surface area contributed by atoms with Gasteiger partial charge in [-0.05, 0) is 26.0 Å². The van der Waals surface area contributed by atoms with E-state index in [0.717, 1.165) is 0 Å². The summed E-state index contributed by atoms with van der Waals surface area (Å²) in [5, 5.41) is 12.0. The zero-order chi connectivity index (χ0) is 11.7. The Morgan fingerprint density at radius 2 is 2.25 bits per heavy atom. The maximum atomic E-state index is 10.9. The Morgan fingerprint density at radius 1 is 1.50 bits per heavy atom. The van der Waals surface area contributed by atoms with Crippen LogP contribution in [0.25, 0.3) is 11.1 Å². The summed E-state index contributed by atoms with van der Waals surface area (Å²) in [4.78, 5) is 15.1. The normalized spacial score (nSPS) is 10.9. The van der Waals surface area contributed by atoms with E-state index in [0.29, 0.717) is 17.1 Å². The van der Waals surface area contributed by atoms with Crippen LogP contribution in [-0.2, 0) is 0 Å². The Morgan fingerprint density at radius 3 is 2.88 bits per heavy atom. The van der Waals surface area contributed by atoms with Crippen molar-refractivity contribution in [3.8, 4) is 0 Å². The van der Waals surface area contributed by atoms with Gasteiger partial charge in [0.15, 0.2) is 5.58 Å². The second kappa shape index (κ2) is 3.84. The number of hydrogen-bond acceptors (Lipinski definition) is 4. The number of carboxylic acid groups (broad SMARTS) is 1. The number of oxazole rings is 1. The molecule has 0 bridgehead atoms. The number of hydrogen-bond donors (Lipinski definition) is 2. The standard InChI is InChI=1S/C11H12N2O3/c1-6(2)12-11-13-8-5-3-4-7(10(14)15)9(8)16-11/h3-6H,1-2H3,(H,12,13)(H,14,15). The molecular weight excluding hydrogens is 208 g/mol. The third-order valence-corrected chi connectivity index (χ3v) is 2.06. The van der Waals surface area contributed by atoms with Crippen molar-refractivity contribution in [2.45, 2.75) is 19.9 Å². The molecule has 16 heavy (non-hydrogen) atoms. The van der Waals surface area contributed by atoms with Gasteiger partial charge in [-0.25, -0.2) is 4.79 Å². The van der Waals surface area contributed by atoms with Crippen molar-refractivity contribution < 1.29 is 14.3 Å². The van der Waals surface area contributed by atoms with E-state index in [1.165, 1.54) is 6.07 Å². The molecule has 2 N–H and O–H groups in total. The van der Waals surface area contributed by atoms with E-state index in [4.69, 9.17) is 9.52 Å². The Bertz CT molecular complexity index is 531. The number of rotatable bonds is 3. The first kappa shape index (κ1) is 10.5. The number of aromatic carboxylic acids is 1. The number of nitrogens with one attached hydrogen (secondary N) is 1. The molecule has 0 fully saturated rings. The lowest BCUT2D eigenvalue weighted by Crippen LogP contribution is -2.09. The van der Waals surface area contributed by atoms with E-state index < -0.39 is 5.97 Å². The summed E-state index contributed by atoms with van der Waals surface area (Å²) in [7, 11) is 0. The summed E-state index contributed by atoms with van der Waals surface area (Å²) in [6.07, 6.45) is 0. The summed E-state index contributed by atoms with van der Waals surface area (Å²) < 4.78 is 5.37. The monoisotopic (exact) mass is 220 g/mol. The Hall–Kier alpha value is -2.04. The van der Waals surface area contributed by atoms with E-state index in [1.54, 1.807) is 12.1 Å². The van der Waals surface area contributed by atoms with E-state index in [2.05, 4.69) is 10.3 Å². The molecule has 0 unspecified atom stereocenters. The number of carboxylic acids is 1. The minimum atomic E-state index is -1.02. The average Bonchev–Trinajstić information content (AvgIpc) is 2.57. The topological polar surface area (TPSA) is 75.4 Å². The van der Waals surface area contributed by atoms with Crippen LogP contribution in [0.5, 0.6) is 0 Å². The molecule has 0 spiro atoms. The lowest BCUT2D eigenvalue weighted by atomic mass is 10.2. The number of anilines is 1. The summed E-state index contributed by atoms with van der Waals surface area (Å²) in [6, 6.07) is 5.39. The van der Waals surface area contributed by atoms with Gasteiger partial charge in [-0.2, -0.15) is 4.98 Å². The highest BCUT2D eigenvalue weighted by Crippen LogP contribution is 2.22. The quantitative estimate of drug-likeness (QED) is 0.830. The number of benzene rings is 1. The third-order valence-electron chi connectivity index (χ3n) is 2.06. The smallest absolute Gasteiger partial charge is 0.339 e. The van der Waals surface area contributed by atoms with Crippen molar-refractivity contribution in [3.05, 3.63) is 23.8 Å². The average molecular weight is 220 g/mol. The maximum Gasteiger partial charge on any atom is 0.339 e. The van der Waals surface area contributed by atoms with Crippen LogP contribution in [0, 0.1) is 0 Å². The van der Waals surface area contributed by atoms with Gasteiger partial charge in [-0.15, -0.1) is 0 Å². The fraction of sp³-hybridized carbons (Fsp3) is 0.273. The highest BCUT2D eigenvalue weighted by molar-refractivity contribution is 6.00. The largest absolute Gasteiger partial charge is 0.478 e. The molecule has 1 aromatic carbocycles. The number of carbonyl (C=O) groups is 1. The molecule has 5 nitrogen and oxygen atoms in total. The minimum Gasteiger partial charge on any atom is -0.478 e. The van der Waals surface area contributed by atoms with Crippen molar-refractivity contribution in [2.24, 2.45) is 0 Å². The van der Waals surface area contributed by atoms with Crippen LogP contribution >= 0.6 is 0 Å². The molecule has 2 rings (SSSR count). The highest BCUT2D eigenvalue weighted by Gasteiger charge is 2.14. The zero-order valence-corrected chi connectivity index (χ0v) is 9.02. The summed E-state index contributed by atoms with van der Waals surface area (Å²) in [6.45, 7) is 3.90. The van der Waals surface area contributed by atoms with Gasteiger partial charge in [-0.3, -0.25) is 0 Å². The number of para-hydroxylation sites is 1. The van der Waals surface area contributed by atoms with Crippen molar-refractivity contribution in [1.29, 1.82) is 0 Å². The third kappa shape index (κ3) is 1.84. The fourth-order valence-electron chi connectivity index (χ4n) is 1.43. The first-order valence-corrected chi connectivity index (χ1v) is 4.97. The van der Waals surface area contributed by atoms with Crippen molar-refractivity contribution in [3.63, 3.8) is 0 Å². The summed E-state index contributed by atoms with van der Waals surface area (Å²) in [5.74, 6) is -1.02. The van der Waals surface area contributed by atoms with Crippen molar-refractivity contribution in [1.82, 2.24) is 4.98 Å². The van der Waals surface area contributed by atoms with Gasteiger partial charge in [0.25, 0.3) is 6.01 Å². The molecule has 0 atom stereocenters. The van der Waals surface area contributed by atoms with Crippen LogP contribution < -0.4 is 5.32 Å². The number of fused-ring (bicyclic) bond motifs is 1. The van der Waals surface area contributed by atoms with Crippen LogP contribution in [0.3, 0.4) is 0 Å². The zero-order valence-electron chi connectivity index (χ0n) is 9.02. The molecule has 2 aromatic rings. The maximum absolute atomic E-state index is 10.9. The number of aromatic nitrogens is 1. The molecule has 0 amide bonds. The van der Waals surface area contributed by atoms with Gasteiger partial charge < -0.3 is 14.8 Å².